The minimum Gasteiger partial charge on any atom is -0.481 e. The number of halogens is 2. The van der Waals surface area contributed by atoms with Crippen LogP contribution in [0.4, 0.5) is 5.69 Å². The molecule has 4 rings (SSSR count). The number of amides is 1. The van der Waals surface area contributed by atoms with Crippen LogP contribution in [0.1, 0.15) is 25.7 Å². The van der Waals surface area contributed by atoms with E-state index in [0.29, 0.717) is 41.8 Å². The minimum absolute atomic E-state index is 0.00438. The molecule has 1 aromatic rings. The van der Waals surface area contributed by atoms with Crippen LogP contribution >= 0.6 is 23.2 Å². The van der Waals surface area contributed by atoms with Gasteiger partial charge in [-0.1, -0.05) is 29.6 Å². The van der Waals surface area contributed by atoms with Crippen molar-refractivity contribution in [1.29, 1.82) is 0 Å². The van der Waals surface area contributed by atoms with Crippen molar-refractivity contribution in [2.24, 2.45) is 11.3 Å². The van der Waals surface area contributed by atoms with Gasteiger partial charge in [-0.2, -0.15) is 0 Å². The fraction of sp³-hybridized carbons (Fsp3) is 0.556. The van der Waals surface area contributed by atoms with Gasteiger partial charge in [-0.05, 0) is 43.4 Å². The van der Waals surface area contributed by atoms with Crippen molar-refractivity contribution in [2.75, 3.05) is 24.5 Å². The van der Waals surface area contributed by atoms with E-state index in [1.807, 2.05) is 0 Å². The lowest BCUT2D eigenvalue weighted by Crippen LogP contribution is -2.43. The van der Waals surface area contributed by atoms with E-state index in [-0.39, 0.29) is 17.9 Å². The molecular weight excluding hydrogens is 363 g/mol. The Bertz CT molecular complexity index is 741. The van der Waals surface area contributed by atoms with Gasteiger partial charge in [0.1, 0.15) is 0 Å². The highest BCUT2D eigenvalue weighted by atomic mass is 35.5. The maximum absolute atomic E-state index is 13.0. The number of benzene rings is 1. The van der Waals surface area contributed by atoms with E-state index in [1.54, 1.807) is 23.1 Å². The van der Waals surface area contributed by atoms with Crippen molar-refractivity contribution in [2.45, 2.75) is 31.7 Å². The molecule has 3 fully saturated rings. The normalized spacial score (nSPS) is 32.4. The van der Waals surface area contributed by atoms with Crippen LogP contribution < -0.4 is 4.90 Å². The molecule has 3 aliphatic rings. The van der Waals surface area contributed by atoms with E-state index in [9.17, 15) is 14.7 Å². The van der Waals surface area contributed by atoms with Gasteiger partial charge in [0.2, 0.25) is 5.91 Å². The summed E-state index contributed by atoms with van der Waals surface area (Å²) in [5.74, 6) is -0.545. The Morgan fingerprint density at radius 1 is 1.28 bits per heavy atom. The third-order valence-electron chi connectivity index (χ3n) is 6.14. The van der Waals surface area contributed by atoms with Gasteiger partial charge in [-0.3, -0.25) is 14.5 Å². The minimum atomic E-state index is -0.708. The number of hydrogen-bond acceptors (Lipinski definition) is 3. The summed E-state index contributed by atoms with van der Waals surface area (Å²) in [5.41, 5.74) is 0.0110. The van der Waals surface area contributed by atoms with Crippen molar-refractivity contribution in [3.8, 4) is 0 Å². The predicted octanol–water partition coefficient (Wildman–Crippen LogP) is 3.29. The van der Waals surface area contributed by atoms with Gasteiger partial charge in [-0.15, -0.1) is 0 Å². The Morgan fingerprint density at radius 3 is 2.76 bits per heavy atom. The molecule has 1 saturated carbocycles. The monoisotopic (exact) mass is 382 g/mol. The lowest BCUT2D eigenvalue weighted by Gasteiger charge is -2.26. The van der Waals surface area contributed by atoms with Gasteiger partial charge in [0.25, 0.3) is 0 Å². The Labute approximate surface area is 156 Å². The van der Waals surface area contributed by atoms with E-state index < -0.39 is 11.4 Å². The zero-order valence-electron chi connectivity index (χ0n) is 13.8. The van der Waals surface area contributed by atoms with Gasteiger partial charge in [0.15, 0.2) is 0 Å². The first-order chi connectivity index (χ1) is 11.9. The molecule has 2 heterocycles. The molecular formula is C18H20Cl2N2O3. The number of carboxylic acid groups (broad SMARTS) is 1. The summed E-state index contributed by atoms with van der Waals surface area (Å²) in [6.45, 7) is 1.77. The smallest absolute Gasteiger partial charge is 0.311 e. The highest BCUT2D eigenvalue weighted by Gasteiger charge is 2.57. The number of hydrogen-bond donors (Lipinski definition) is 1. The molecule has 2 aliphatic heterocycles. The van der Waals surface area contributed by atoms with Gasteiger partial charge >= 0.3 is 5.97 Å². The molecule has 5 nitrogen and oxygen atoms in total. The average molecular weight is 383 g/mol. The van der Waals surface area contributed by atoms with Gasteiger partial charge < -0.3 is 10.0 Å². The topological polar surface area (TPSA) is 60.9 Å². The van der Waals surface area contributed by atoms with Crippen LogP contribution in [-0.2, 0) is 9.59 Å². The van der Waals surface area contributed by atoms with E-state index in [2.05, 4.69) is 4.90 Å². The second-order valence-electron chi connectivity index (χ2n) is 7.37. The molecule has 134 valence electrons. The Hall–Kier alpha value is -1.30. The molecule has 1 aromatic carbocycles. The maximum atomic E-state index is 13.0. The second-order valence-corrected chi connectivity index (χ2v) is 8.21. The molecule has 1 aliphatic carbocycles. The van der Waals surface area contributed by atoms with E-state index in [4.69, 9.17) is 23.2 Å². The number of rotatable bonds is 3. The van der Waals surface area contributed by atoms with Gasteiger partial charge in [0, 0.05) is 24.7 Å². The first kappa shape index (κ1) is 17.1. The summed E-state index contributed by atoms with van der Waals surface area (Å²) in [6.07, 6.45) is 3.32. The maximum Gasteiger partial charge on any atom is 0.311 e. The highest BCUT2D eigenvalue weighted by Crippen LogP contribution is 2.50. The quantitative estimate of drug-likeness (QED) is 0.870. The zero-order valence-corrected chi connectivity index (χ0v) is 15.3. The number of likely N-dealkylation sites (tertiary alicyclic amines) is 1. The van der Waals surface area contributed by atoms with Crippen molar-refractivity contribution in [3.05, 3.63) is 28.2 Å². The van der Waals surface area contributed by atoms with Crippen molar-refractivity contribution in [1.82, 2.24) is 4.90 Å². The van der Waals surface area contributed by atoms with Crippen LogP contribution in [0.3, 0.4) is 0 Å². The molecule has 0 aromatic heterocycles. The van der Waals surface area contributed by atoms with Gasteiger partial charge in [0.05, 0.1) is 22.2 Å². The largest absolute Gasteiger partial charge is 0.481 e. The Balaban J connectivity index is 1.54. The number of carbonyl (C=O) groups excluding carboxylic acids is 1. The van der Waals surface area contributed by atoms with E-state index in [0.717, 1.165) is 19.3 Å². The third kappa shape index (κ3) is 2.64. The number of nitrogens with zero attached hydrogens (tertiary/aromatic N) is 2. The molecule has 0 bridgehead atoms. The summed E-state index contributed by atoms with van der Waals surface area (Å²) >= 11 is 12.2. The molecule has 1 unspecified atom stereocenters. The van der Waals surface area contributed by atoms with Crippen molar-refractivity contribution < 1.29 is 14.7 Å². The number of aliphatic carboxylic acids is 1. The Morgan fingerprint density at radius 2 is 2.08 bits per heavy atom. The summed E-state index contributed by atoms with van der Waals surface area (Å²) in [6, 6.07) is 4.87. The fourth-order valence-electron chi connectivity index (χ4n) is 4.86. The van der Waals surface area contributed by atoms with Crippen molar-refractivity contribution >= 4 is 40.8 Å². The molecule has 3 atom stereocenters. The average Bonchev–Trinajstić information content (AvgIpc) is 3.19. The van der Waals surface area contributed by atoms with Crippen LogP contribution in [0.5, 0.6) is 0 Å². The lowest BCUT2D eigenvalue weighted by atomic mass is 9.81. The SMILES string of the molecule is O=C1C(N2C[C@@H]3CCC[C@@]3(C(=O)O)C2)CCN1c1ccc(Cl)cc1Cl. The van der Waals surface area contributed by atoms with E-state index >= 15 is 0 Å². The van der Waals surface area contributed by atoms with Crippen molar-refractivity contribution in [3.63, 3.8) is 0 Å². The first-order valence-corrected chi connectivity index (χ1v) is 9.42. The standard InChI is InChI=1S/C18H20Cl2N2O3/c19-12-3-4-14(13(20)8-12)22-7-5-15(16(22)23)21-9-11-2-1-6-18(11,10-21)17(24)25/h3-4,8,11,15H,1-2,5-7,9-10H2,(H,24,25)/t11-,15?,18+/m0/s1. The van der Waals surface area contributed by atoms with Crippen LogP contribution in [0.25, 0.3) is 0 Å². The molecule has 2 saturated heterocycles. The highest BCUT2D eigenvalue weighted by molar-refractivity contribution is 6.36. The van der Waals surface area contributed by atoms with Crippen LogP contribution in [-0.4, -0.2) is 47.6 Å². The lowest BCUT2D eigenvalue weighted by molar-refractivity contribution is -0.149. The second kappa shape index (κ2) is 6.15. The molecule has 1 amide bonds. The zero-order chi connectivity index (χ0) is 17.8. The van der Waals surface area contributed by atoms with Gasteiger partial charge in [-0.25, -0.2) is 0 Å². The van der Waals surface area contributed by atoms with Crippen LogP contribution in [0, 0.1) is 11.3 Å². The number of carbonyl (C=O) groups is 2. The molecule has 25 heavy (non-hydrogen) atoms. The van der Waals surface area contributed by atoms with Crippen LogP contribution in [0.2, 0.25) is 10.0 Å². The number of carboxylic acids is 1. The fourth-order valence-corrected chi connectivity index (χ4v) is 5.37. The third-order valence-corrected chi connectivity index (χ3v) is 6.68. The van der Waals surface area contributed by atoms with E-state index in [1.165, 1.54) is 0 Å². The summed E-state index contributed by atoms with van der Waals surface area (Å²) < 4.78 is 0. The summed E-state index contributed by atoms with van der Waals surface area (Å²) in [5, 5.41) is 10.7. The molecule has 0 spiro atoms. The molecule has 7 heteroatoms. The summed E-state index contributed by atoms with van der Waals surface area (Å²) in [7, 11) is 0. The number of fused-ring (bicyclic) bond motifs is 1. The summed E-state index contributed by atoms with van der Waals surface area (Å²) in [4.78, 5) is 28.6. The first-order valence-electron chi connectivity index (χ1n) is 8.66. The Kier molecular flexibility index (Phi) is 4.21. The molecule has 1 N–H and O–H groups in total. The van der Waals surface area contributed by atoms with Crippen LogP contribution in [0.15, 0.2) is 18.2 Å². The molecule has 0 radical (unpaired) electrons. The number of anilines is 1. The predicted molar refractivity (Wildman–Crippen MR) is 96.2 cm³/mol.